The van der Waals surface area contributed by atoms with Crippen LogP contribution in [0.4, 0.5) is 5.69 Å². The number of anilines is 1. The van der Waals surface area contributed by atoms with Gasteiger partial charge in [-0.25, -0.2) is 0 Å². The summed E-state index contributed by atoms with van der Waals surface area (Å²) in [7, 11) is 2.18. The van der Waals surface area contributed by atoms with Gasteiger partial charge in [0.1, 0.15) is 0 Å². The zero-order valence-corrected chi connectivity index (χ0v) is 12.6. The number of aliphatic hydroxyl groups excluding tert-OH is 1. The van der Waals surface area contributed by atoms with Crippen molar-refractivity contribution in [3.05, 3.63) is 29.8 Å². The maximum atomic E-state index is 10.5. The summed E-state index contributed by atoms with van der Waals surface area (Å²) in [5.74, 6) is 0. The number of β-amino-alcohol motifs (C(OH)–C–C–N with tert-alkyl or cyclic N) is 1. The van der Waals surface area contributed by atoms with Gasteiger partial charge >= 0.3 is 0 Å². The molecule has 1 aromatic carbocycles. The van der Waals surface area contributed by atoms with E-state index in [2.05, 4.69) is 23.8 Å². The lowest BCUT2D eigenvalue weighted by Gasteiger charge is -2.32. The average molecular weight is 277 g/mol. The van der Waals surface area contributed by atoms with Crippen molar-refractivity contribution in [2.75, 3.05) is 39.0 Å². The SMILES string of the molecule is CCC1CN(C)CCCN1CC(O)c1ccccc1N. The van der Waals surface area contributed by atoms with Crippen molar-refractivity contribution in [3.8, 4) is 0 Å². The lowest BCUT2D eigenvalue weighted by atomic mass is 10.1. The molecule has 1 heterocycles. The van der Waals surface area contributed by atoms with Gasteiger partial charge in [0.2, 0.25) is 0 Å². The summed E-state index contributed by atoms with van der Waals surface area (Å²) < 4.78 is 0. The summed E-state index contributed by atoms with van der Waals surface area (Å²) >= 11 is 0. The van der Waals surface area contributed by atoms with E-state index in [0.717, 1.165) is 38.0 Å². The first-order chi connectivity index (χ1) is 9.61. The van der Waals surface area contributed by atoms with Crippen LogP contribution in [-0.2, 0) is 0 Å². The molecule has 0 radical (unpaired) electrons. The lowest BCUT2D eigenvalue weighted by molar-refractivity contribution is 0.0858. The summed E-state index contributed by atoms with van der Waals surface area (Å²) in [6, 6.07) is 8.13. The highest BCUT2D eigenvalue weighted by molar-refractivity contribution is 5.47. The van der Waals surface area contributed by atoms with Crippen LogP contribution in [0.5, 0.6) is 0 Å². The van der Waals surface area contributed by atoms with Crippen LogP contribution in [0.3, 0.4) is 0 Å². The Labute approximate surface area is 122 Å². The van der Waals surface area contributed by atoms with Crippen molar-refractivity contribution in [3.63, 3.8) is 0 Å². The number of rotatable bonds is 4. The van der Waals surface area contributed by atoms with Crippen LogP contribution < -0.4 is 5.73 Å². The monoisotopic (exact) mass is 277 g/mol. The van der Waals surface area contributed by atoms with Gasteiger partial charge in [-0.15, -0.1) is 0 Å². The zero-order chi connectivity index (χ0) is 14.5. The molecule has 4 nitrogen and oxygen atoms in total. The molecule has 2 rings (SSSR count). The smallest absolute Gasteiger partial charge is 0.0936 e. The van der Waals surface area contributed by atoms with Crippen molar-refractivity contribution in [2.24, 2.45) is 0 Å². The molecule has 20 heavy (non-hydrogen) atoms. The largest absolute Gasteiger partial charge is 0.398 e. The molecule has 0 saturated carbocycles. The van der Waals surface area contributed by atoms with Gasteiger partial charge in [0.25, 0.3) is 0 Å². The van der Waals surface area contributed by atoms with E-state index in [4.69, 9.17) is 5.73 Å². The van der Waals surface area contributed by atoms with Gasteiger partial charge in [0.05, 0.1) is 6.10 Å². The van der Waals surface area contributed by atoms with E-state index in [1.807, 2.05) is 24.3 Å². The molecular formula is C16H27N3O. The van der Waals surface area contributed by atoms with E-state index in [-0.39, 0.29) is 0 Å². The Bertz CT molecular complexity index is 424. The summed E-state index contributed by atoms with van der Waals surface area (Å²) in [5.41, 5.74) is 7.49. The fraction of sp³-hybridized carbons (Fsp3) is 0.625. The average Bonchev–Trinajstić information content (AvgIpc) is 2.61. The topological polar surface area (TPSA) is 52.7 Å². The van der Waals surface area contributed by atoms with Crippen LogP contribution >= 0.6 is 0 Å². The highest BCUT2D eigenvalue weighted by Crippen LogP contribution is 2.23. The lowest BCUT2D eigenvalue weighted by Crippen LogP contribution is -2.41. The molecule has 1 saturated heterocycles. The van der Waals surface area contributed by atoms with Crippen LogP contribution in [0, 0.1) is 0 Å². The number of benzene rings is 1. The maximum Gasteiger partial charge on any atom is 0.0936 e. The van der Waals surface area contributed by atoms with Crippen molar-refractivity contribution in [2.45, 2.75) is 31.9 Å². The minimum atomic E-state index is -0.506. The van der Waals surface area contributed by atoms with Crippen molar-refractivity contribution < 1.29 is 5.11 Å². The fourth-order valence-corrected chi connectivity index (χ4v) is 3.06. The number of para-hydroxylation sites is 1. The van der Waals surface area contributed by atoms with E-state index in [1.165, 1.54) is 0 Å². The number of nitrogen functional groups attached to an aromatic ring is 1. The second kappa shape index (κ2) is 7.07. The van der Waals surface area contributed by atoms with Crippen molar-refractivity contribution in [1.82, 2.24) is 9.80 Å². The van der Waals surface area contributed by atoms with Crippen LogP contribution in [0.1, 0.15) is 31.4 Å². The van der Waals surface area contributed by atoms with Crippen LogP contribution in [0.2, 0.25) is 0 Å². The molecule has 3 N–H and O–H groups in total. The molecule has 0 spiro atoms. The van der Waals surface area contributed by atoms with Gasteiger partial charge in [0, 0.05) is 30.4 Å². The molecular weight excluding hydrogens is 250 g/mol. The minimum Gasteiger partial charge on any atom is -0.398 e. The second-order valence-corrected chi connectivity index (χ2v) is 5.82. The normalized spacial score (nSPS) is 23.4. The Morgan fingerprint density at radius 1 is 1.35 bits per heavy atom. The number of aliphatic hydroxyl groups is 1. The van der Waals surface area contributed by atoms with E-state index in [1.54, 1.807) is 0 Å². The summed E-state index contributed by atoms with van der Waals surface area (Å²) in [5, 5.41) is 10.5. The third-order valence-corrected chi connectivity index (χ3v) is 4.26. The van der Waals surface area contributed by atoms with E-state index in [9.17, 15) is 5.11 Å². The standard InChI is InChI=1S/C16H27N3O/c1-3-13-11-18(2)9-6-10-19(13)12-16(20)14-7-4-5-8-15(14)17/h4-5,7-8,13,16,20H,3,6,9-12,17H2,1-2H3. The Hall–Kier alpha value is -1.10. The highest BCUT2D eigenvalue weighted by Gasteiger charge is 2.24. The van der Waals surface area contributed by atoms with E-state index in [0.29, 0.717) is 18.3 Å². The molecule has 0 aliphatic carbocycles. The predicted molar refractivity (Wildman–Crippen MR) is 83.6 cm³/mol. The first kappa shape index (κ1) is 15.3. The van der Waals surface area contributed by atoms with Gasteiger partial charge in [-0.2, -0.15) is 0 Å². The second-order valence-electron chi connectivity index (χ2n) is 5.82. The van der Waals surface area contributed by atoms with Crippen molar-refractivity contribution in [1.29, 1.82) is 0 Å². The van der Waals surface area contributed by atoms with Gasteiger partial charge < -0.3 is 15.7 Å². The zero-order valence-electron chi connectivity index (χ0n) is 12.6. The molecule has 1 fully saturated rings. The van der Waals surface area contributed by atoms with Gasteiger partial charge in [-0.1, -0.05) is 25.1 Å². The van der Waals surface area contributed by atoms with Gasteiger partial charge in [0.15, 0.2) is 0 Å². The molecule has 2 atom stereocenters. The van der Waals surface area contributed by atoms with Crippen LogP contribution in [0.15, 0.2) is 24.3 Å². The first-order valence-electron chi connectivity index (χ1n) is 7.57. The summed E-state index contributed by atoms with van der Waals surface area (Å²) in [4.78, 5) is 4.80. The van der Waals surface area contributed by atoms with E-state index >= 15 is 0 Å². The summed E-state index contributed by atoms with van der Waals surface area (Å²) in [6.07, 6.45) is 1.76. The highest BCUT2D eigenvalue weighted by atomic mass is 16.3. The first-order valence-corrected chi connectivity index (χ1v) is 7.57. The molecule has 0 aromatic heterocycles. The molecule has 1 aliphatic heterocycles. The minimum absolute atomic E-state index is 0.506. The Kier molecular flexibility index (Phi) is 5.40. The molecule has 1 aromatic rings. The van der Waals surface area contributed by atoms with Crippen molar-refractivity contribution >= 4 is 5.69 Å². The molecule has 4 heteroatoms. The van der Waals surface area contributed by atoms with Crippen LogP contribution in [0.25, 0.3) is 0 Å². The molecule has 2 unspecified atom stereocenters. The number of hydrogen-bond donors (Lipinski definition) is 2. The molecule has 112 valence electrons. The maximum absolute atomic E-state index is 10.5. The van der Waals surface area contributed by atoms with Crippen LogP contribution in [-0.4, -0.2) is 54.2 Å². The third kappa shape index (κ3) is 3.72. The Morgan fingerprint density at radius 3 is 2.80 bits per heavy atom. The predicted octanol–water partition coefficient (Wildman–Crippen LogP) is 1.72. The Morgan fingerprint density at radius 2 is 2.10 bits per heavy atom. The number of hydrogen-bond acceptors (Lipinski definition) is 4. The third-order valence-electron chi connectivity index (χ3n) is 4.26. The molecule has 0 bridgehead atoms. The van der Waals surface area contributed by atoms with Gasteiger partial charge in [-0.05, 0) is 39.0 Å². The van der Waals surface area contributed by atoms with E-state index < -0.39 is 6.10 Å². The Balaban J connectivity index is 2.05. The molecule has 1 aliphatic rings. The summed E-state index contributed by atoms with van der Waals surface area (Å²) in [6.45, 7) is 6.15. The molecule has 0 amide bonds. The number of nitrogens with zero attached hydrogens (tertiary/aromatic N) is 2. The fourth-order valence-electron chi connectivity index (χ4n) is 3.06. The quantitative estimate of drug-likeness (QED) is 0.823. The number of nitrogens with two attached hydrogens (primary N) is 1. The number of likely N-dealkylation sites (N-methyl/N-ethyl adjacent to an activating group) is 1. The van der Waals surface area contributed by atoms with Gasteiger partial charge in [-0.3, -0.25) is 4.90 Å².